The Balaban J connectivity index is 2.00. The Morgan fingerprint density at radius 2 is 2.18 bits per heavy atom. The molecule has 0 spiro atoms. The lowest BCUT2D eigenvalue weighted by Crippen LogP contribution is -2.18. The van der Waals surface area contributed by atoms with Crippen LogP contribution in [0.2, 0.25) is 5.15 Å². The van der Waals surface area contributed by atoms with Crippen molar-refractivity contribution >= 4 is 28.5 Å². The molecule has 2 N–H and O–H groups in total. The summed E-state index contributed by atoms with van der Waals surface area (Å²) in [4.78, 5) is 10.8. The Morgan fingerprint density at radius 3 is 2.82 bits per heavy atom. The van der Waals surface area contributed by atoms with Crippen molar-refractivity contribution in [3.05, 3.63) is 35.2 Å². The van der Waals surface area contributed by atoms with Crippen molar-refractivity contribution in [1.82, 2.24) is 20.0 Å². The van der Waals surface area contributed by atoms with Crippen LogP contribution >= 0.6 is 23.4 Å². The average Bonchev–Trinajstić information content (AvgIpc) is 2.96. The fourth-order valence-corrected chi connectivity index (χ4v) is 2.50. The predicted molar refractivity (Wildman–Crippen MR) is 82.9 cm³/mol. The number of aliphatic hydroxyl groups excluding tert-OH is 2. The highest BCUT2D eigenvalue weighted by Crippen LogP contribution is 2.21. The molecule has 0 aromatic carbocycles. The van der Waals surface area contributed by atoms with Crippen LogP contribution in [0.4, 0.5) is 0 Å². The molecule has 0 fully saturated rings. The van der Waals surface area contributed by atoms with E-state index in [0.717, 1.165) is 11.8 Å². The molecule has 0 aliphatic rings. The van der Waals surface area contributed by atoms with Crippen molar-refractivity contribution in [2.45, 2.75) is 25.6 Å². The van der Waals surface area contributed by atoms with E-state index in [1.54, 1.807) is 18.3 Å². The second-order valence-electron chi connectivity index (χ2n) is 4.57. The van der Waals surface area contributed by atoms with Crippen LogP contribution < -0.4 is 0 Å². The van der Waals surface area contributed by atoms with Gasteiger partial charge in [-0.3, -0.25) is 4.79 Å². The van der Waals surface area contributed by atoms with Gasteiger partial charge in [0.1, 0.15) is 6.10 Å². The van der Waals surface area contributed by atoms with Gasteiger partial charge in [-0.25, -0.2) is 4.68 Å². The lowest BCUT2D eigenvalue weighted by molar-refractivity contribution is -0.109. The highest BCUT2D eigenvalue weighted by atomic mass is 35.5. The molecule has 118 valence electrons. The molecule has 0 radical (unpaired) electrons. The summed E-state index contributed by atoms with van der Waals surface area (Å²) in [6.07, 6.45) is 1.26. The van der Waals surface area contributed by atoms with Gasteiger partial charge in [-0.1, -0.05) is 23.4 Å². The minimum absolute atomic E-state index is 0.0178. The third-order valence-electron chi connectivity index (χ3n) is 2.88. The maximum atomic E-state index is 10.8. The number of hydrogen-bond donors (Lipinski definition) is 2. The van der Waals surface area contributed by atoms with Gasteiger partial charge in [-0.2, -0.15) is 5.10 Å². The van der Waals surface area contributed by atoms with Crippen molar-refractivity contribution in [2.75, 3.05) is 5.75 Å². The number of hydrogen-bond acceptors (Lipinski definition) is 7. The van der Waals surface area contributed by atoms with E-state index in [0.29, 0.717) is 23.6 Å². The molecule has 9 heteroatoms. The zero-order valence-electron chi connectivity index (χ0n) is 11.8. The topological polar surface area (TPSA) is 101 Å². The largest absolute Gasteiger partial charge is 0.390 e. The van der Waals surface area contributed by atoms with Gasteiger partial charge in [-0.05, 0) is 18.6 Å². The van der Waals surface area contributed by atoms with Crippen LogP contribution in [0, 0.1) is 0 Å². The van der Waals surface area contributed by atoms with Crippen LogP contribution in [0.15, 0.2) is 24.5 Å². The van der Waals surface area contributed by atoms with Crippen LogP contribution in [0.1, 0.15) is 25.0 Å². The summed E-state index contributed by atoms with van der Waals surface area (Å²) in [6, 6.07) is 3.22. The highest BCUT2D eigenvalue weighted by molar-refractivity contribution is 8.13. The smallest absolute Gasteiger partial charge is 0.185 e. The van der Waals surface area contributed by atoms with Gasteiger partial charge in [-0.15, -0.1) is 10.2 Å². The molecular weight excluding hydrogens is 328 g/mol. The maximum absolute atomic E-state index is 10.8. The Labute approximate surface area is 136 Å². The van der Waals surface area contributed by atoms with Crippen molar-refractivity contribution in [3.8, 4) is 5.82 Å². The molecule has 2 atom stereocenters. The molecule has 0 saturated carbocycles. The molecular formula is C13H15ClN4O3S. The zero-order valence-corrected chi connectivity index (χ0v) is 13.3. The summed E-state index contributed by atoms with van der Waals surface area (Å²) in [5, 5.41) is 31.9. The number of halogens is 1. The van der Waals surface area contributed by atoms with Crippen LogP contribution in [-0.4, -0.2) is 47.2 Å². The molecule has 0 saturated heterocycles. The summed E-state index contributed by atoms with van der Waals surface area (Å²) in [5.74, 6) is 0.897. The minimum atomic E-state index is -1.08. The Kier molecular flexibility index (Phi) is 5.90. The maximum Gasteiger partial charge on any atom is 0.185 e. The van der Waals surface area contributed by atoms with Gasteiger partial charge < -0.3 is 10.2 Å². The average molecular weight is 343 g/mol. The number of carbonyl (C=O) groups is 1. The van der Waals surface area contributed by atoms with Crippen molar-refractivity contribution in [1.29, 1.82) is 0 Å². The first kappa shape index (κ1) is 16.9. The van der Waals surface area contributed by atoms with Gasteiger partial charge in [0.05, 0.1) is 12.3 Å². The van der Waals surface area contributed by atoms with Gasteiger partial charge in [0, 0.05) is 24.4 Å². The molecule has 2 rings (SSSR count). The lowest BCUT2D eigenvalue weighted by Gasteiger charge is -2.15. The first-order valence-corrected chi connectivity index (χ1v) is 7.87. The van der Waals surface area contributed by atoms with Crippen molar-refractivity contribution < 1.29 is 15.0 Å². The molecule has 0 amide bonds. The molecule has 2 aromatic rings. The van der Waals surface area contributed by atoms with Crippen LogP contribution in [0.5, 0.6) is 0 Å². The molecule has 2 unspecified atom stereocenters. The minimum Gasteiger partial charge on any atom is -0.390 e. The fourth-order valence-electron chi connectivity index (χ4n) is 1.75. The normalized spacial score (nSPS) is 13.8. The summed E-state index contributed by atoms with van der Waals surface area (Å²) in [6.45, 7) is 1.46. The summed E-state index contributed by atoms with van der Waals surface area (Å²) < 4.78 is 1.43. The number of carbonyl (C=O) groups excluding carboxylic acids is 1. The van der Waals surface area contributed by atoms with E-state index in [4.69, 9.17) is 11.6 Å². The van der Waals surface area contributed by atoms with Gasteiger partial charge in [0.2, 0.25) is 0 Å². The highest BCUT2D eigenvalue weighted by Gasteiger charge is 2.20. The van der Waals surface area contributed by atoms with E-state index < -0.39 is 12.2 Å². The molecule has 2 heterocycles. The number of nitrogens with zero attached hydrogens (tertiary/aromatic N) is 4. The monoisotopic (exact) mass is 342 g/mol. The Morgan fingerprint density at radius 1 is 1.41 bits per heavy atom. The second-order valence-corrected chi connectivity index (χ2v) is 6.23. The van der Waals surface area contributed by atoms with E-state index in [1.165, 1.54) is 17.8 Å². The molecule has 7 nitrogen and oxygen atoms in total. The van der Waals surface area contributed by atoms with Crippen LogP contribution in [0.25, 0.3) is 5.82 Å². The second kappa shape index (κ2) is 7.68. The number of aromatic nitrogens is 4. The molecule has 22 heavy (non-hydrogen) atoms. The third kappa shape index (κ3) is 4.51. The van der Waals surface area contributed by atoms with Crippen molar-refractivity contribution in [2.24, 2.45) is 0 Å². The quantitative estimate of drug-likeness (QED) is 0.817. The number of aliphatic hydroxyl groups is 2. The lowest BCUT2D eigenvalue weighted by atomic mass is 10.1. The van der Waals surface area contributed by atoms with E-state index in [1.807, 2.05) is 0 Å². The molecule has 2 aromatic heterocycles. The van der Waals surface area contributed by atoms with E-state index in [2.05, 4.69) is 15.3 Å². The van der Waals surface area contributed by atoms with E-state index >= 15 is 0 Å². The summed E-state index contributed by atoms with van der Waals surface area (Å²) in [5.41, 5.74) is 0.456. The van der Waals surface area contributed by atoms with E-state index in [-0.39, 0.29) is 10.3 Å². The Hall–Kier alpha value is -1.48. The third-order valence-corrected chi connectivity index (χ3v) is 3.93. The van der Waals surface area contributed by atoms with Crippen LogP contribution in [-0.2, 0) is 4.79 Å². The Bertz CT molecular complexity index is 634. The molecule has 0 aliphatic carbocycles. The van der Waals surface area contributed by atoms with Crippen LogP contribution in [0.3, 0.4) is 0 Å². The molecule has 0 bridgehead atoms. The summed E-state index contributed by atoms with van der Waals surface area (Å²) >= 11 is 6.78. The predicted octanol–water partition coefficient (Wildman–Crippen LogP) is 1.38. The van der Waals surface area contributed by atoms with Gasteiger partial charge in [0.15, 0.2) is 16.1 Å². The fraction of sp³-hybridized carbons (Fsp3) is 0.385. The van der Waals surface area contributed by atoms with Gasteiger partial charge in [0.25, 0.3) is 0 Å². The number of thioether (sulfide) groups is 1. The zero-order chi connectivity index (χ0) is 16.1. The van der Waals surface area contributed by atoms with Gasteiger partial charge >= 0.3 is 0 Å². The standard InChI is InChI=1S/C13H15ClN4O3S/c1-8(19)22-5-4-10(20)13(21)9-6-15-18(7-9)12-3-2-11(14)16-17-12/h2-3,6-7,10,13,20-21H,4-5H2,1H3. The first-order valence-electron chi connectivity index (χ1n) is 6.51. The van der Waals surface area contributed by atoms with E-state index in [9.17, 15) is 15.0 Å². The summed E-state index contributed by atoms with van der Waals surface area (Å²) in [7, 11) is 0. The number of rotatable bonds is 6. The van der Waals surface area contributed by atoms with Crippen molar-refractivity contribution in [3.63, 3.8) is 0 Å². The SMILES string of the molecule is CC(=O)SCCC(O)C(O)c1cnn(-c2ccc(Cl)nn2)c1. The molecule has 0 aliphatic heterocycles. The first-order chi connectivity index (χ1) is 10.5.